The number of hydrogen-bond donors (Lipinski definition) is 1. The van der Waals surface area contributed by atoms with Crippen molar-refractivity contribution in [3.05, 3.63) is 27.8 Å². The Balaban J connectivity index is 1.87. The van der Waals surface area contributed by atoms with Gasteiger partial charge in [0.25, 0.3) is 0 Å². The summed E-state index contributed by atoms with van der Waals surface area (Å²) >= 11 is 2.36. The average Bonchev–Trinajstić information content (AvgIpc) is 2.32. The maximum absolute atomic E-state index is 3.71. The van der Waals surface area contributed by atoms with Crippen LogP contribution in [0, 0.1) is 15.4 Å². The van der Waals surface area contributed by atoms with Crippen molar-refractivity contribution in [3.63, 3.8) is 0 Å². The van der Waals surface area contributed by atoms with Crippen molar-refractivity contribution in [2.75, 3.05) is 5.32 Å². The van der Waals surface area contributed by atoms with Crippen LogP contribution in [0.25, 0.3) is 0 Å². The molecule has 1 aliphatic rings. The van der Waals surface area contributed by atoms with Crippen LogP contribution in [-0.4, -0.2) is 6.04 Å². The Morgan fingerprint density at radius 3 is 2.61 bits per heavy atom. The lowest BCUT2D eigenvalue weighted by Gasteiger charge is -2.31. The summed E-state index contributed by atoms with van der Waals surface area (Å²) in [5.74, 6) is 1.77. The van der Waals surface area contributed by atoms with E-state index in [1.54, 1.807) is 0 Å². The molecule has 100 valence electrons. The molecule has 0 spiro atoms. The van der Waals surface area contributed by atoms with E-state index in [2.05, 4.69) is 66.0 Å². The first-order valence-electron chi connectivity index (χ1n) is 7.15. The number of halogens is 1. The first-order chi connectivity index (χ1) is 8.63. The predicted octanol–water partition coefficient (Wildman–Crippen LogP) is 5.31. The standard InChI is InChI=1S/C16H24IN/c1-12(2)10-13-4-3-5-16(11-13)18-15-8-6-14(17)7-9-15/h6-9,12-13,16,18H,3-5,10-11H2,1-2H3. The maximum atomic E-state index is 3.71. The summed E-state index contributed by atoms with van der Waals surface area (Å²) in [6, 6.07) is 9.44. The van der Waals surface area contributed by atoms with Crippen LogP contribution in [0.4, 0.5) is 5.69 Å². The monoisotopic (exact) mass is 357 g/mol. The number of rotatable bonds is 4. The zero-order valence-corrected chi connectivity index (χ0v) is 13.6. The van der Waals surface area contributed by atoms with Crippen LogP contribution in [0.3, 0.4) is 0 Å². The summed E-state index contributed by atoms with van der Waals surface area (Å²) in [5, 5.41) is 3.71. The van der Waals surface area contributed by atoms with Crippen molar-refractivity contribution in [1.82, 2.24) is 0 Å². The van der Waals surface area contributed by atoms with Crippen molar-refractivity contribution in [2.24, 2.45) is 11.8 Å². The van der Waals surface area contributed by atoms with Gasteiger partial charge in [-0.15, -0.1) is 0 Å². The Morgan fingerprint density at radius 1 is 1.22 bits per heavy atom. The molecule has 2 unspecified atom stereocenters. The molecular weight excluding hydrogens is 333 g/mol. The minimum atomic E-state index is 0.683. The van der Waals surface area contributed by atoms with Crippen molar-refractivity contribution in [1.29, 1.82) is 0 Å². The van der Waals surface area contributed by atoms with Crippen LogP contribution in [0.2, 0.25) is 0 Å². The Labute approximate surface area is 125 Å². The van der Waals surface area contributed by atoms with Crippen molar-refractivity contribution in [3.8, 4) is 0 Å². The molecule has 1 fully saturated rings. The summed E-state index contributed by atoms with van der Waals surface area (Å²) in [5.41, 5.74) is 1.28. The minimum Gasteiger partial charge on any atom is -0.382 e. The van der Waals surface area contributed by atoms with E-state index in [0.717, 1.165) is 11.8 Å². The Hall–Kier alpha value is -0.250. The van der Waals surface area contributed by atoms with E-state index in [1.807, 2.05) is 0 Å². The van der Waals surface area contributed by atoms with Gasteiger partial charge in [-0.2, -0.15) is 0 Å². The highest BCUT2D eigenvalue weighted by Gasteiger charge is 2.22. The van der Waals surface area contributed by atoms with E-state index < -0.39 is 0 Å². The number of hydrogen-bond acceptors (Lipinski definition) is 1. The van der Waals surface area contributed by atoms with Crippen LogP contribution in [0.15, 0.2) is 24.3 Å². The van der Waals surface area contributed by atoms with Gasteiger partial charge in [0, 0.05) is 15.3 Å². The molecule has 2 rings (SSSR count). The molecule has 1 N–H and O–H groups in total. The highest BCUT2D eigenvalue weighted by Crippen LogP contribution is 2.31. The highest BCUT2D eigenvalue weighted by atomic mass is 127. The third kappa shape index (κ3) is 4.45. The largest absolute Gasteiger partial charge is 0.382 e. The van der Waals surface area contributed by atoms with Gasteiger partial charge in [-0.05, 0) is 78.0 Å². The number of anilines is 1. The topological polar surface area (TPSA) is 12.0 Å². The Morgan fingerprint density at radius 2 is 1.94 bits per heavy atom. The molecule has 0 bridgehead atoms. The van der Waals surface area contributed by atoms with Gasteiger partial charge in [0.1, 0.15) is 0 Å². The number of benzene rings is 1. The molecule has 1 aromatic carbocycles. The summed E-state index contributed by atoms with van der Waals surface area (Å²) in [6.07, 6.45) is 6.90. The smallest absolute Gasteiger partial charge is 0.0343 e. The first-order valence-corrected chi connectivity index (χ1v) is 8.23. The third-order valence-corrected chi connectivity index (χ3v) is 4.52. The van der Waals surface area contributed by atoms with E-state index in [4.69, 9.17) is 0 Å². The van der Waals surface area contributed by atoms with Crippen LogP contribution in [-0.2, 0) is 0 Å². The maximum Gasteiger partial charge on any atom is 0.0343 e. The van der Waals surface area contributed by atoms with Crippen molar-refractivity contribution in [2.45, 2.75) is 52.0 Å². The normalized spacial score (nSPS) is 24.2. The van der Waals surface area contributed by atoms with Crippen LogP contribution in [0.1, 0.15) is 46.0 Å². The van der Waals surface area contributed by atoms with E-state index in [1.165, 1.54) is 41.4 Å². The molecule has 0 aromatic heterocycles. The lowest BCUT2D eigenvalue weighted by molar-refractivity contribution is 0.289. The van der Waals surface area contributed by atoms with E-state index >= 15 is 0 Å². The van der Waals surface area contributed by atoms with Crippen molar-refractivity contribution < 1.29 is 0 Å². The Bertz CT molecular complexity index is 358. The van der Waals surface area contributed by atoms with Gasteiger partial charge in [0.05, 0.1) is 0 Å². The summed E-state index contributed by atoms with van der Waals surface area (Å²) < 4.78 is 1.31. The van der Waals surface area contributed by atoms with Gasteiger partial charge < -0.3 is 5.32 Å². The lowest BCUT2D eigenvalue weighted by atomic mass is 9.81. The van der Waals surface area contributed by atoms with Gasteiger partial charge in [0.2, 0.25) is 0 Å². The SMILES string of the molecule is CC(C)CC1CCCC(Nc2ccc(I)cc2)C1. The van der Waals surface area contributed by atoms with Crippen LogP contribution >= 0.6 is 22.6 Å². The fourth-order valence-electron chi connectivity index (χ4n) is 3.08. The molecule has 0 amide bonds. The van der Waals surface area contributed by atoms with E-state index in [-0.39, 0.29) is 0 Å². The quantitative estimate of drug-likeness (QED) is 0.721. The Kier molecular flexibility index (Phi) is 5.34. The first kappa shape index (κ1) is 14.2. The second-order valence-electron chi connectivity index (χ2n) is 6.01. The molecule has 0 radical (unpaired) electrons. The molecule has 1 nitrogen and oxygen atoms in total. The molecule has 1 saturated carbocycles. The van der Waals surface area contributed by atoms with Crippen LogP contribution < -0.4 is 5.32 Å². The fourth-order valence-corrected chi connectivity index (χ4v) is 3.44. The number of nitrogens with one attached hydrogen (secondary N) is 1. The molecular formula is C16H24IN. The zero-order chi connectivity index (χ0) is 13.0. The zero-order valence-electron chi connectivity index (χ0n) is 11.5. The van der Waals surface area contributed by atoms with Gasteiger partial charge >= 0.3 is 0 Å². The molecule has 0 aliphatic heterocycles. The van der Waals surface area contributed by atoms with Crippen LogP contribution in [0.5, 0.6) is 0 Å². The third-order valence-electron chi connectivity index (χ3n) is 3.80. The van der Waals surface area contributed by atoms with Gasteiger partial charge in [-0.25, -0.2) is 0 Å². The van der Waals surface area contributed by atoms with E-state index in [0.29, 0.717) is 6.04 Å². The minimum absolute atomic E-state index is 0.683. The van der Waals surface area contributed by atoms with Gasteiger partial charge in [-0.3, -0.25) is 0 Å². The lowest BCUT2D eigenvalue weighted by Crippen LogP contribution is -2.27. The molecule has 2 atom stereocenters. The molecule has 1 aliphatic carbocycles. The summed E-state index contributed by atoms with van der Waals surface area (Å²) in [6.45, 7) is 4.69. The molecule has 0 heterocycles. The molecule has 0 saturated heterocycles. The van der Waals surface area contributed by atoms with E-state index in [9.17, 15) is 0 Å². The predicted molar refractivity (Wildman–Crippen MR) is 88.0 cm³/mol. The van der Waals surface area contributed by atoms with Crippen molar-refractivity contribution >= 4 is 28.3 Å². The molecule has 1 aromatic rings. The second-order valence-corrected chi connectivity index (χ2v) is 7.26. The average molecular weight is 357 g/mol. The summed E-state index contributed by atoms with van der Waals surface area (Å²) in [4.78, 5) is 0. The molecule has 18 heavy (non-hydrogen) atoms. The summed E-state index contributed by atoms with van der Waals surface area (Å²) in [7, 11) is 0. The second kappa shape index (κ2) is 6.78. The highest BCUT2D eigenvalue weighted by molar-refractivity contribution is 14.1. The van der Waals surface area contributed by atoms with Gasteiger partial charge in [-0.1, -0.05) is 26.7 Å². The fraction of sp³-hybridized carbons (Fsp3) is 0.625. The van der Waals surface area contributed by atoms with Gasteiger partial charge in [0.15, 0.2) is 0 Å². The molecule has 2 heteroatoms.